The summed E-state index contributed by atoms with van der Waals surface area (Å²) < 4.78 is 25.2. The van der Waals surface area contributed by atoms with Crippen molar-refractivity contribution in [3.63, 3.8) is 0 Å². The van der Waals surface area contributed by atoms with Crippen LogP contribution in [-0.2, 0) is 17.8 Å². The lowest BCUT2D eigenvalue weighted by Crippen LogP contribution is -2.50. The Bertz CT molecular complexity index is 1360. The number of halogens is 2. The van der Waals surface area contributed by atoms with Crippen molar-refractivity contribution in [1.82, 2.24) is 10.2 Å². The van der Waals surface area contributed by atoms with Crippen molar-refractivity contribution in [3.05, 3.63) is 93.3 Å². The van der Waals surface area contributed by atoms with E-state index in [1.54, 1.807) is 17.0 Å². The second kappa shape index (κ2) is 10.4. The van der Waals surface area contributed by atoms with Gasteiger partial charge in [0.05, 0.1) is 25.2 Å². The van der Waals surface area contributed by atoms with E-state index < -0.39 is 17.8 Å². The molecule has 1 N–H and O–H groups in total. The Morgan fingerprint density at radius 3 is 2.51 bits per heavy atom. The Morgan fingerprint density at radius 2 is 1.78 bits per heavy atom. The van der Waals surface area contributed by atoms with Crippen molar-refractivity contribution >= 4 is 23.4 Å². The van der Waals surface area contributed by atoms with Crippen molar-refractivity contribution in [3.8, 4) is 11.5 Å². The number of amides is 2. The molecule has 0 unspecified atom stereocenters. The summed E-state index contributed by atoms with van der Waals surface area (Å²) in [5.74, 6) is -0.177. The van der Waals surface area contributed by atoms with Crippen molar-refractivity contribution < 1.29 is 23.5 Å². The molecule has 0 saturated carbocycles. The second-order valence-corrected chi connectivity index (χ2v) is 9.48. The van der Waals surface area contributed by atoms with Crippen LogP contribution in [0.25, 0.3) is 0 Å². The fourth-order valence-electron chi connectivity index (χ4n) is 5.31. The van der Waals surface area contributed by atoms with Gasteiger partial charge in [0.15, 0.2) is 11.5 Å². The minimum absolute atomic E-state index is 0.0938. The van der Waals surface area contributed by atoms with Crippen molar-refractivity contribution in [1.29, 1.82) is 0 Å². The Balaban J connectivity index is 1.57. The zero-order valence-electron chi connectivity index (χ0n) is 20.7. The van der Waals surface area contributed by atoms with Gasteiger partial charge in [0.2, 0.25) is 5.91 Å². The van der Waals surface area contributed by atoms with E-state index in [1.165, 1.54) is 12.1 Å². The average molecular weight is 523 g/mol. The summed E-state index contributed by atoms with van der Waals surface area (Å²) in [7, 11) is 0. The first-order valence-corrected chi connectivity index (χ1v) is 12.8. The minimum atomic E-state index is -0.653. The summed E-state index contributed by atoms with van der Waals surface area (Å²) in [5.41, 5.74) is 3.72. The highest BCUT2D eigenvalue weighted by atomic mass is 35.5. The molecule has 0 aliphatic carbocycles. The molecule has 0 saturated heterocycles. The predicted molar refractivity (Wildman–Crippen MR) is 139 cm³/mol. The van der Waals surface area contributed by atoms with E-state index in [0.717, 1.165) is 11.1 Å². The third-order valence-electron chi connectivity index (χ3n) is 6.94. The van der Waals surface area contributed by atoms with E-state index in [9.17, 15) is 14.0 Å². The highest BCUT2D eigenvalue weighted by molar-refractivity contribution is 6.31. The molecule has 2 aliphatic rings. The topological polar surface area (TPSA) is 67.9 Å². The first-order chi connectivity index (χ1) is 17.9. The maximum atomic E-state index is 13.8. The van der Waals surface area contributed by atoms with Crippen LogP contribution < -0.4 is 14.8 Å². The van der Waals surface area contributed by atoms with Gasteiger partial charge in [-0.05, 0) is 72.9 Å². The molecular formula is C29H28ClFN2O4. The number of benzene rings is 3. The number of fused-ring (bicyclic) bond motifs is 4. The van der Waals surface area contributed by atoms with E-state index in [-0.39, 0.29) is 23.4 Å². The molecule has 3 aromatic carbocycles. The van der Waals surface area contributed by atoms with Crippen LogP contribution in [0.4, 0.5) is 4.39 Å². The zero-order valence-corrected chi connectivity index (χ0v) is 21.5. The van der Waals surface area contributed by atoms with Gasteiger partial charge in [-0.1, -0.05) is 35.9 Å². The summed E-state index contributed by atoms with van der Waals surface area (Å²) in [6.07, 6.45) is 0.645. The number of nitrogens with one attached hydrogen (secondary N) is 1. The molecular weight excluding hydrogens is 495 g/mol. The lowest BCUT2D eigenvalue weighted by Gasteiger charge is -2.45. The highest BCUT2D eigenvalue weighted by Crippen LogP contribution is 2.48. The summed E-state index contributed by atoms with van der Waals surface area (Å²) in [6.45, 7) is 5.39. The Labute approximate surface area is 220 Å². The van der Waals surface area contributed by atoms with Crippen LogP contribution in [0.5, 0.6) is 11.5 Å². The van der Waals surface area contributed by atoms with Crippen LogP contribution in [0.3, 0.4) is 0 Å². The van der Waals surface area contributed by atoms with Crippen LogP contribution in [0.2, 0.25) is 5.02 Å². The maximum absolute atomic E-state index is 13.8. The molecule has 0 bridgehead atoms. The van der Waals surface area contributed by atoms with Crippen molar-refractivity contribution in [2.45, 2.75) is 38.8 Å². The SMILES string of the molecule is CCOc1cc2c(cc1OCC)[C@@H]1[C@H](C(=O)NCc3ccc(F)cc3Cl)c3ccccc3C(=O)N1CC2. The third-order valence-corrected chi connectivity index (χ3v) is 7.29. The van der Waals surface area contributed by atoms with Crippen LogP contribution in [-0.4, -0.2) is 36.5 Å². The number of hydrogen-bond donors (Lipinski definition) is 1. The largest absolute Gasteiger partial charge is 0.490 e. The van der Waals surface area contributed by atoms with Crippen molar-refractivity contribution in [2.75, 3.05) is 19.8 Å². The molecule has 0 fully saturated rings. The summed E-state index contributed by atoms with van der Waals surface area (Å²) in [5, 5.41) is 3.22. The van der Waals surface area contributed by atoms with Gasteiger partial charge in [0, 0.05) is 23.7 Å². The van der Waals surface area contributed by atoms with Crippen LogP contribution in [0.15, 0.2) is 54.6 Å². The van der Waals surface area contributed by atoms with Gasteiger partial charge >= 0.3 is 0 Å². The highest BCUT2D eigenvalue weighted by Gasteiger charge is 2.46. The summed E-state index contributed by atoms with van der Waals surface area (Å²) in [6, 6.07) is 14.7. The number of ether oxygens (including phenoxy) is 2. The van der Waals surface area contributed by atoms with Crippen LogP contribution >= 0.6 is 11.6 Å². The van der Waals surface area contributed by atoms with Crippen LogP contribution in [0, 0.1) is 5.82 Å². The van der Waals surface area contributed by atoms with Gasteiger partial charge in [-0.25, -0.2) is 4.39 Å². The molecule has 2 amide bonds. The van der Waals surface area contributed by atoms with Gasteiger partial charge < -0.3 is 19.7 Å². The molecule has 192 valence electrons. The smallest absolute Gasteiger partial charge is 0.254 e. The lowest BCUT2D eigenvalue weighted by molar-refractivity contribution is -0.124. The molecule has 0 spiro atoms. The quantitative estimate of drug-likeness (QED) is 0.449. The number of rotatable bonds is 7. The van der Waals surface area contributed by atoms with Crippen molar-refractivity contribution in [2.24, 2.45) is 0 Å². The second-order valence-electron chi connectivity index (χ2n) is 9.08. The van der Waals surface area contributed by atoms with Gasteiger partial charge in [-0.3, -0.25) is 9.59 Å². The Hall–Kier alpha value is -3.58. The Morgan fingerprint density at radius 1 is 1.05 bits per heavy atom. The minimum Gasteiger partial charge on any atom is -0.490 e. The predicted octanol–water partition coefficient (Wildman–Crippen LogP) is 5.43. The van der Waals surface area contributed by atoms with E-state index in [4.69, 9.17) is 21.1 Å². The van der Waals surface area contributed by atoms with E-state index >= 15 is 0 Å². The molecule has 37 heavy (non-hydrogen) atoms. The van der Waals surface area contributed by atoms with E-state index in [1.807, 2.05) is 44.2 Å². The third kappa shape index (κ3) is 4.64. The maximum Gasteiger partial charge on any atom is 0.254 e. The summed E-state index contributed by atoms with van der Waals surface area (Å²) >= 11 is 6.19. The molecule has 8 heteroatoms. The number of nitrogens with zero attached hydrogens (tertiary/aromatic N) is 1. The molecule has 0 radical (unpaired) electrons. The Kier molecular flexibility index (Phi) is 7.07. The first-order valence-electron chi connectivity index (χ1n) is 12.5. The number of carbonyl (C=O) groups is 2. The van der Waals surface area contributed by atoms with Crippen LogP contribution in [0.1, 0.15) is 58.4 Å². The first kappa shape index (κ1) is 25.1. The molecule has 2 aliphatic heterocycles. The fourth-order valence-corrected chi connectivity index (χ4v) is 5.55. The fraction of sp³-hybridized carbons (Fsp3) is 0.310. The van der Waals surface area contributed by atoms with Gasteiger partial charge in [0.25, 0.3) is 5.91 Å². The van der Waals surface area contributed by atoms with Gasteiger partial charge in [-0.15, -0.1) is 0 Å². The molecule has 2 atom stereocenters. The standard InChI is InChI=1S/C29H28ClFN2O4/c1-3-36-24-13-17-11-12-33-27(22(17)15-25(24)37-4-2)26(20-7-5-6-8-21(20)29(33)35)28(34)32-16-18-9-10-19(31)14-23(18)30/h5-10,13-15,26-27H,3-4,11-12,16H2,1-2H3,(H,32,34)/t26-,27-/m1/s1. The molecule has 2 heterocycles. The monoisotopic (exact) mass is 522 g/mol. The lowest BCUT2D eigenvalue weighted by atomic mass is 9.75. The van der Waals surface area contributed by atoms with E-state index in [2.05, 4.69) is 5.32 Å². The van der Waals surface area contributed by atoms with E-state index in [0.29, 0.717) is 54.4 Å². The molecule has 6 nitrogen and oxygen atoms in total. The van der Waals surface area contributed by atoms with Gasteiger partial charge in [-0.2, -0.15) is 0 Å². The average Bonchev–Trinajstić information content (AvgIpc) is 2.89. The summed E-state index contributed by atoms with van der Waals surface area (Å²) in [4.78, 5) is 29.2. The number of carbonyl (C=O) groups excluding carboxylic acids is 2. The normalized spacial score (nSPS) is 17.9. The van der Waals surface area contributed by atoms with Gasteiger partial charge in [0.1, 0.15) is 5.82 Å². The molecule has 3 aromatic rings. The molecule has 5 rings (SSSR count). The zero-order chi connectivity index (χ0) is 26.1. The number of hydrogen-bond acceptors (Lipinski definition) is 4. The molecule has 0 aromatic heterocycles.